The van der Waals surface area contributed by atoms with Gasteiger partial charge in [0.15, 0.2) is 0 Å². The zero-order valence-electron chi connectivity index (χ0n) is 12.7. The van der Waals surface area contributed by atoms with Crippen LogP contribution in [0.5, 0.6) is 0 Å². The highest BCUT2D eigenvalue weighted by Crippen LogP contribution is 2.12. The number of amidine groups is 1. The lowest BCUT2D eigenvalue weighted by atomic mass is 10.1. The number of esters is 1. The lowest BCUT2D eigenvalue weighted by Gasteiger charge is -2.12. The number of benzene rings is 1. The Morgan fingerprint density at radius 3 is 2.78 bits per heavy atom. The smallest absolute Gasteiger partial charge is 0.313 e. The zero-order valence-corrected chi connectivity index (χ0v) is 12.7. The zero-order chi connectivity index (χ0) is 16.7. The van der Waals surface area contributed by atoms with E-state index < -0.39 is 10.9 Å². The van der Waals surface area contributed by atoms with Gasteiger partial charge in [-0.25, -0.2) is 0 Å². The van der Waals surface area contributed by atoms with Gasteiger partial charge in [0.1, 0.15) is 18.9 Å². The molecular formula is C15H20N4O4. The number of ether oxygens (including phenoxy) is 1. The van der Waals surface area contributed by atoms with Gasteiger partial charge in [-0.1, -0.05) is 0 Å². The van der Waals surface area contributed by atoms with Gasteiger partial charge >= 0.3 is 5.97 Å². The number of nitro benzene ring substituents is 1. The monoisotopic (exact) mass is 320 g/mol. The van der Waals surface area contributed by atoms with Crippen LogP contribution in [0.4, 0.5) is 5.69 Å². The number of hydrogen-bond donors (Lipinski definition) is 3. The minimum absolute atomic E-state index is 0.00698. The molecule has 1 aromatic carbocycles. The number of carbonyl (C=O) groups excluding carboxylic acids is 1. The molecule has 8 heteroatoms. The van der Waals surface area contributed by atoms with E-state index in [1.165, 1.54) is 12.1 Å². The summed E-state index contributed by atoms with van der Waals surface area (Å²) in [5, 5.41) is 24.5. The van der Waals surface area contributed by atoms with Crippen molar-refractivity contribution < 1.29 is 14.5 Å². The Morgan fingerprint density at radius 1 is 1.43 bits per heavy atom. The van der Waals surface area contributed by atoms with E-state index >= 15 is 0 Å². The summed E-state index contributed by atoms with van der Waals surface area (Å²) in [4.78, 5) is 21.7. The summed E-state index contributed by atoms with van der Waals surface area (Å²) in [5.74, 6) is 0.141. The first-order valence-corrected chi connectivity index (χ1v) is 7.45. The van der Waals surface area contributed by atoms with E-state index in [1.54, 1.807) is 12.1 Å². The molecule has 2 rings (SSSR count). The molecule has 0 aromatic heterocycles. The molecule has 1 atom stereocenters. The number of non-ortho nitro benzene ring substituents is 1. The maximum Gasteiger partial charge on any atom is 0.313 e. The highest BCUT2D eigenvalue weighted by atomic mass is 16.6. The molecule has 124 valence electrons. The van der Waals surface area contributed by atoms with E-state index in [1.807, 2.05) is 0 Å². The van der Waals surface area contributed by atoms with Gasteiger partial charge in [0, 0.05) is 18.7 Å². The van der Waals surface area contributed by atoms with Crippen LogP contribution in [-0.4, -0.2) is 36.4 Å². The maximum atomic E-state index is 11.7. The maximum absolute atomic E-state index is 11.7. The van der Waals surface area contributed by atoms with Crippen LogP contribution >= 0.6 is 0 Å². The fourth-order valence-corrected chi connectivity index (χ4v) is 2.29. The molecule has 0 radical (unpaired) electrons. The molecule has 23 heavy (non-hydrogen) atoms. The Morgan fingerprint density at radius 2 is 2.17 bits per heavy atom. The van der Waals surface area contributed by atoms with Gasteiger partial charge in [0.25, 0.3) is 5.69 Å². The molecule has 1 aliphatic heterocycles. The highest BCUT2D eigenvalue weighted by molar-refractivity contribution is 5.95. The number of nitro groups is 1. The standard InChI is InChI=1S/C15H20N4O4/c16-14(18-9-12-5-6-17-8-12)7-15(20)23-10-11-1-3-13(4-2-11)19(21)22/h1-4,12,17H,5-10H2,(H2,16,18)/t12-/m0/s1. The van der Waals surface area contributed by atoms with Crippen LogP contribution in [-0.2, 0) is 16.1 Å². The predicted molar refractivity (Wildman–Crippen MR) is 84.2 cm³/mol. The second kappa shape index (κ2) is 8.23. The van der Waals surface area contributed by atoms with Crippen LogP contribution in [0.3, 0.4) is 0 Å². The summed E-state index contributed by atoms with van der Waals surface area (Å²) in [5.41, 5.74) is 0.660. The Balaban J connectivity index is 1.67. The summed E-state index contributed by atoms with van der Waals surface area (Å²) in [6.07, 6.45) is 0.970. The third-order valence-corrected chi connectivity index (χ3v) is 3.63. The minimum atomic E-state index is -0.495. The molecular weight excluding hydrogens is 300 g/mol. The SMILES string of the molecule is N=C(CC(=O)OCc1ccc([N+](=O)[O-])cc1)NC[C@H]1CCNC1. The van der Waals surface area contributed by atoms with Crippen molar-refractivity contribution in [1.82, 2.24) is 10.6 Å². The van der Waals surface area contributed by atoms with Crippen LogP contribution in [0.15, 0.2) is 24.3 Å². The van der Waals surface area contributed by atoms with Crippen molar-refractivity contribution in [2.24, 2.45) is 5.92 Å². The predicted octanol–water partition coefficient (Wildman–Crippen LogP) is 1.20. The van der Waals surface area contributed by atoms with Gasteiger partial charge in [0.2, 0.25) is 0 Å². The molecule has 0 unspecified atom stereocenters. The second-order valence-electron chi connectivity index (χ2n) is 5.48. The summed E-state index contributed by atoms with van der Waals surface area (Å²) in [6.45, 7) is 2.65. The molecule has 8 nitrogen and oxygen atoms in total. The van der Waals surface area contributed by atoms with Crippen molar-refractivity contribution in [2.75, 3.05) is 19.6 Å². The van der Waals surface area contributed by atoms with Gasteiger partial charge in [-0.05, 0) is 43.1 Å². The normalized spacial score (nSPS) is 16.8. The molecule has 3 N–H and O–H groups in total. The molecule has 0 spiro atoms. The Bertz CT molecular complexity index is 567. The lowest BCUT2D eigenvalue weighted by molar-refractivity contribution is -0.384. The fourth-order valence-electron chi connectivity index (χ4n) is 2.29. The van der Waals surface area contributed by atoms with Gasteiger partial charge in [-0.3, -0.25) is 20.3 Å². The van der Waals surface area contributed by atoms with E-state index in [2.05, 4.69) is 10.6 Å². The third kappa shape index (κ3) is 5.67. The summed E-state index contributed by atoms with van der Waals surface area (Å²) < 4.78 is 5.07. The molecule has 0 aliphatic carbocycles. The average Bonchev–Trinajstić information content (AvgIpc) is 3.05. The summed E-state index contributed by atoms with van der Waals surface area (Å²) in [6, 6.07) is 5.81. The van der Waals surface area contributed by atoms with Gasteiger partial charge in [0.05, 0.1) is 4.92 Å². The molecule has 0 amide bonds. The molecule has 1 saturated heterocycles. The van der Waals surface area contributed by atoms with Crippen LogP contribution < -0.4 is 10.6 Å². The van der Waals surface area contributed by atoms with Crippen molar-refractivity contribution >= 4 is 17.5 Å². The molecule has 1 fully saturated rings. The first-order chi connectivity index (χ1) is 11.0. The molecule has 1 heterocycles. The fraction of sp³-hybridized carbons (Fsp3) is 0.467. The van der Waals surface area contributed by atoms with E-state index in [0.29, 0.717) is 18.0 Å². The van der Waals surface area contributed by atoms with E-state index in [9.17, 15) is 14.9 Å². The van der Waals surface area contributed by atoms with Gasteiger partial charge < -0.3 is 15.4 Å². The summed E-state index contributed by atoms with van der Waals surface area (Å²) >= 11 is 0. The third-order valence-electron chi connectivity index (χ3n) is 3.63. The Hall–Kier alpha value is -2.48. The van der Waals surface area contributed by atoms with Crippen molar-refractivity contribution in [2.45, 2.75) is 19.4 Å². The van der Waals surface area contributed by atoms with Crippen LogP contribution in [0.25, 0.3) is 0 Å². The highest BCUT2D eigenvalue weighted by Gasteiger charge is 2.15. The number of nitrogens with zero attached hydrogens (tertiary/aromatic N) is 1. The van der Waals surface area contributed by atoms with E-state index in [-0.39, 0.29) is 24.6 Å². The lowest BCUT2D eigenvalue weighted by Crippen LogP contribution is -2.31. The molecule has 1 aliphatic rings. The second-order valence-corrected chi connectivity index (χ2v) is 5.48. The van der Waals surface area contributed by atoms with Crippen molar-refractivity contribution in [3.8, 4) is 0 Å². The Labute approximate surface area is 133 Å². The van der Waals surface area contributed by atoms with Crippen molar-refractivity contribution in [3.05, 3.63) is 39.9 Å². The molecule has 0 saturated carbocycles. The number of nitrogens with one attached hydrogen (secondary N) is 3. The van der Waals surface area contributed by atoms with Crippen molar-refractivity contribution in [1.29, 1.82) is 5.41 Å². The molecule has 1 aromatic rings. The number of hydrogen-bond acceptors (Lipinski definition) is 6. The average molecular weight is 320 g/mol. The summed E-state index contributed by atoms with van der Waals surface area (Å²) in [7, 11) is 0. The van der Waals surface area contributed by atoms with Crippen molar-refractivity contribution in [3.63, 3.8) is 0 Å². The number of rotatable bonds is 7. The quantitative estimate of drug-likeness (QED) is 0.228. The first-order valence-electron chi connectivity index (χ1n) is 7.45. The largest absolute Gasteiger partial charge is 0.460 e. The van der Waals surface area contributed by atoms with E-state index in [0.717, 1.165) is 19.5 Å². The van der Waals surface area contributed by atoms with Crippen LogP contribution in [0.1, 0.15) is 18.4 Å². The van der Waals surface area contributed by atoms with Crippen LogP contribution in [0.2, 0.25) is 0 Å². The Kier molecular flexibility index (Phi) is 6.04. The van der Waals surface area contributed by atoms with Crippen LogP contribution in [0, 0.1) is 21.4 Å². The number of carbonyl (C=O) groups is 1. The first kappa shape index (κ1) is 16.9. The minimum Gasteiger partial charge on any atom is -0.460 e. The molecule has 0 bridgehead atoms. The van der Waals surface area contributed by atoms with Gasteiger partial charge in [-0.2, -0.15) is 0 Å². The van der Waals surface area contributed by atoms with Gasteiger partial charge in [-0.15, -0.1) is 0 Å². The topological polar surface area (TPSA) is 117 Å². The van der Waals surface area contributed by atoms with E-state index in [4.69, 9.17) is 10.1 Å².